The number of halogens is 1. The lowest BCUT2D eigenvalue weighted by Crippen LogP contribution is -3.12. The Morgan fingerprint density at radius 1 is 1.23 bits per heavy atom. The number of anilines is 1. The first kappa shape index (κ1) is 18.7. The maximum atomic E-state index is 6.01. The van der Waals surface area contributed by atoms with Gasteiger partial charge in [0.25, 0.3) is 0 Å². The number of hydrazone groups is 1. The minimum atomic E-state index is 0.683. The Bertz CT molecular complexity index is 773. The maximum absolute atomic E-state index is 6.01. The van der Waals surface area contributed by atoms with Gasteiger partial charge in [0.05, 0.1) is 31.7 Å². The summed E-state index contributed by atoms with van der Waals surface area (Å²) in [6, 6.07) is 13.7. The first-order valence-corrected chi connectivity index (χ1v) is 9.18. The molecule has 5 nitrogen and oxygen atoms in total. The van der Waals surface area contributed by atoms with Crippen molar-refractivity contribution in [2.24, 2.45) is 5.10 Å². The van der Waals surface area contributed by atoms with E-state index in [0.717, 1.165) is 55.6 Å². The summed E-state index contributed by atoms with van der Waals surface area (Å²) in [5, 5.41) is 5.17. The van der Waals surface area contributed by atoms with E-state index in [9.17, 15) is 0 Å². The molecule has 0 spiro atoms. The Balaban J connectivity index is 1.75. The van der Waals surface area contributed by atoms with E-state index in [0.29, 0.717) is 5.02 Å². The predicted octanol–water partition coefficient (Wildman–Crippen LogP) is 2.60. The van der Waals surface area contributed by atoms with Crippen LogP contribution in [0.15, 0.2) is 47.6 Å². The largest absolute Gasteiger partial charge is 0.496 e. The van der Waals surface area contributed by atoms with Crippen LogP contribution in [0.1, 0.15) is 18.1 Å². The van der Waals surface area contributed by atoms with Crippen molar-refractivity contribution in [3.05, 3.63) is 58.6 Å². The summed E-state index contributed by atoms with van der Waals surface area (Å²) in [6.07, 6.45) is 0. The predicted molar refractivity (Wildman–Crippen MR) is 105 cm³/mol. The number of hydrogen-bond acceptors (Lipinski definition) is 4. The third-order valence-corrected chi connectivity index (χ3v) is 4.75. The van der Waals surface area contributed by atoms with Crippen LogP contribution >= 0.6 is 11.6 Å². The highest BCUT2D eigenvalue weighted by molar-refractivity contribution is 6.30. The van der Waals surface area contributed by atoms with Crippen LogP contribution < -0.4 is 15.1 Å². The number of rotatable bonds is 6. The fraction of sp³-hybridized carbons (Fsp3) is 0.350. The van der Waals surface area contributed by atoms with Crippen LogP contribution in [0.3, 0.4) is 0 Å². The molecule has 0 bridgehead atoms. The minimum absolute atomic E-state index is 0.683. The summed E-state index contributed by atoms with van der Waals surface area (Å²) in [5.41, 5.74) is 7.10. The Labute approximate surface area is 159 Å². The Morgan fingerprint density at radius 2 is 2.04 bits per heavy atom. The van der Waals surface area contributed by atoms with Crippen molar-refractivity contribution in [3.8, 4) is 5.75 Å². The lowest BCUT2D eigenvalue weighted by Gasteiger charge is -2.24. The fourth-order valence-corrected chi connectivity index (χ4v) is 3.21. The zero-order valence-corrected chi connectivity index (χ0v) is 16.0. The highest BCUT2D eigenvalue weighted by Crippen LogP contribution is 2.20. The van der Waals surface area contributed by atoms with Crippen molar-refractivity contribution in [2.75, 3.05) is 38.8 Å². The van der Waals surface area contributed by atoms with Crippen molar-refractivity contribution < 1.29 is 14.4 Å². The molecule has 1 aliphatic rings. The van der Waals surface area contributed by atoms with Gasteiger partial charge in [-0.1, -0.05) is 17.7 Å². The number of quaternary nitrogens is 1. The average Bonchev–Trinajstić information content (AvgIpc) is 2.67. The molecule has 0 atom stereocenters. The summed E-state index contributed by atoms with van der Waals surface area (Å²) < 4.78 is 11.0. The molecule has 26 heavy (non-hydrogen) atoms. The standard InChI is InChI=1S/C20H24ClN3O2/c1-15(22-23-19-5-3-4-18(21)13-19)16-6-7-20(25-2)17(12-16)14-24-8-10-26-11-9-24/h3-7,12-13,23H,8-11,14H2,1-2H3/p+1/b22-15-. The molecule has 6 heteroatoms. The SMILES string of the molecule is COc1ccc(/C(C)=N\Nc2cccc(Cl)c2)cc1C[NH+]1CCOCC1. The van der Waals surface area contributed by atoms with Gasteiger partial charge in [-0.15, -0.1) is 0 Å². The monoisotopic (exact) mass is 374 g/mol. The zero-order valence-electron chi connectivity index (χ0n) is 15.2. The third-order valence-electron chi connectivity index (χ3n) is 4.52. The van der Waals surface area contributed by atoms with Gasteiger partial charge in [0.15, 0.2) is 0 Å². The van der Waals surface area contributed by atoms with Crippen LogP contribution in [-0.2, 0) is 11.3 Å². The van der Waals surface area contributed by atoms with Gasteiger partial charge in [0.2, 0.25) is 0 Å². The van der Waals surface area contributed by atoms with E-state index < -0.39 is 0 Å². The van der Waals surface area contributed by atoms with E-state index >= 15 is 0 Å². The highest BCUT2D eigenvalue weighted by Gasteiger charge is 2.17. The van der Waals surface area contributed by atoms with Gasteiger partial charge in [-0.3, -0.25) is 5.43 Å². The van der Waals surface area contributed by atoms with Crippen molar-refractivity contribution >= 4 is 23.0 Å². The third kappa shape index (κ3) is 4.97. The molecule has 0 amide bonds. The second-order valence-corrected chi connectivity index (χ2v) is 6.82. The molecule has 0 unspecified atom stereocenters. The van der Waals surface area contributed by atoms with Crippen LogP contribution in [0.2, 0.25) is 5.02 Å². The first-order valence-electron chi connectivity index (χ1n) is 8.80. The van der Waals surface area contributed by atoms with E-state index in [1.54, 1.807) is 7.11 Å². The number of nitrogens with one attached hydrogen (secondary N) is 2. The molecule has 1 heterocycles. The van der Waals surface area contributed by atoms with E-state index in [1.165, 1.54) is 10.5 Å². The van der Waals surface area contributed by atoms with Gasteiger partial charge in [-0.2, -0.15) is 5.10 Å². The molecular formula is C20H25ClN3O2+. The van der Waals surface area contributed by atoms with E-state index in [2.05, 4.69) is 16.6 Å². The van der Waals surface area contributed by atoms with Crippen LogP contribution in [-0.4, -0.2) is 39.1 Å². The Morgan fingerprint density at radius 3 is 2.77 bits per heavy atom. The smallest absolute Gasteiger partial charge is 0.127 e. The molecule has 1 aliphatic heterocycles. The van der Waals surface area contributed by atoms with Crippen LogP contribution in [0.25, 0.3) is 0 Å². The molecule has 0 aliphatic carbocycles. The van der Waals surface area contributed by atoms with Crippen LogP contribution in [0.4, 0.5) is 5.69 Å². The van der Waals surface area contributed by atoms with Crippen molar-refractivity contribution in [1.29, 1.82) is 0 Å². The first-order chi connectivity index (χ1) is 12.7. The summed E-state index contributed by atoms with van der Waals surface area (Å²) >= 11 is 6.01. The summed E-state index contributed by atoms with van der Waals surface area (Å²) in [6.45, 7) is 6.61. The van der Waals surface area contributed by atoms with Gasteiger partial charge in [0, 0.05) is 10.6 Å². The highest BCUT2D eigenvalue weighted by atomic mass is 35.5. The molecule has 0 radical (unpaired) electrons. The van der Waals surface area contributed by atoms with Crippen LogP contribution in [0.5, 0.6) is 5.75 Å². The molecule has 1 saturated heterocycles. The Hall–Kier alpha value is -2.08. The van der Waals surface area contributed by atoms with E-state index in [1.807, 2.05) is 43.3 Å². The number of hydrogen-bond donors (Lipinski definition) is 2. The van der Waals surface area contributed by atoms with Crippen molar-refractivity contribution in [3.63, 3.8) is 0 Å². The number of morpholine rings is 1. The minimum Gasteiger partial charge on any atom is -0.496 e. The molecule has 138 valence electrons. The van der Waals surface area contributed by atoms with Crippen molar-refractivity contribution in [2.45, 2.75) is 13.5 Å². The Kier molecular flexibility index (Phi) is 6.50. The number of benzene rings is 2. The molecule has 0 aromatic heterocycles. The molecule has 2 aromatic carbocycles. The van der Waals surface area contributed by atoms with Gasteiger partial charge in [-0.25, -0.2) is 0 Å². The number of ether oxygens (including phenoxy) is 2. The molecule has 3 rings (SSSR count). The van der Waals surface area contributed by atoms with E-state index in [-0.39, 0.29) is 0 Å². The molecule has 0 saturated carbocycles. The lowest BCUT2D eigenvalue weighted by molar-refractivity contribution is -0.921. The number of nitrogens with zero attached hydrogens (tertiary/aromatic N) is 1. The molecular weight excluding hydrogens is 350 g/mol. The number of methoxy groups -OCH3 is 1. The van der Waals surface area contributed by atoms with Crippen LogP contribution in [0, 0.1) is 0 Å². The summed E-state index contributed by atoms with van der Waals surface area (Å²) in [5.74, 6) is 0.920. The quantitative estimate of drug-likeness (QED) is 0.603. The fourth-order valence-electron chi connectivity index (χ4n) is 3.02. The van der Waals surface area contributed by atoms with Gasteiger partial charge in [0.1, 0.15) is 25.4 Å². The van der Waals surface area contributed by atoms with Gasteiger partial charge < -0.3 is 14.4 Å². The summed E-state index contributed by atoms with van der Waals surface area (Å²) in [7, 11) is 1.72. The topological polar surface area (TPSA) is 47.3 Å². The van der Waals surface area contributed by atoms with Crippen molar-refractivity contribution in [1.82, 2.24) is 0 Å². The summed E-state index contributed by atoms with van der Waals surface area (Å²) in [4.78, 5) is 1.51. The molecule has 1 fully saturated rings. The second-order valence-electron chi connectivity index (χ2n) is 6.39. The molecule has 2 N–H and O–H groups in total. The van der Waals surface area contributed by atoms with E-state index in [4.69, 9.17) is 21.1 Å². The normalized spacial score (nSPS) is 15.7. The second kappa shape index (κ2) is 9.03. The molecule has 2 aromatic rings. The maximum Gasteiger partial charge on any atom is 0.127 e. The van der Waals surface area contributed by atoms with Gasteiger partial charge in [-0.05, 0) is 48.9 Å². The van der Waals surface area contributed by atoms with Gasteiger partial charge >= 0.3 is 0 Å². The average molecular weight is 375 g/mol. The zero-order chi connectivity index (χ0) is 18.4. The lowest BCUT2D eigenvalue weighted by atomic mass is 10.1.